The molecule has 1 aliphatic heterocycles. The number of nitrogens with zero attached hydrogens (tertiary/aromatic N) is 7. The Bertz CT molecular complexity index is 5780. The van der Waals surface area contributed by atoms with Crippen molar-refractivity contribution in [1.82, 2.24) is 28.2 Å². The van der Waals surface area contributed by atoms with Gasteiger partial charge in [0.15, 0.2) is 5.82 Å². The minimum absolute atomic E-state index is 0.458. The number of rotatable bonds is 9. The second kappa shape index (κ2) is 21.4. The first-order valence-corrected chi connectivity index (χ1v) is 32.9. The first kappa shape index (κ1) is 53.8. The topological polar surface area (TPSA) is 48.7 Å². The molecular formula is C89H57N7. The predicted molar refractivity (Wildman–Crippen MR) is 398 cm³/mol. The van der Waals surface area contributed by atoms with Gasteiger partial charge in [-0.1, -0.05) is 261 Å². The van der Waals surface area contributed by atoms with Crippen LogP contribution in [0.5, 0.6) is 0 Å². The van der Waals surface area contributed by atoms with Gasteiger partial charge < -0.3 is 23.2 Å². The Balaban J connectivity index is 1.15. The van der Waals surface area contributed by atoms with Gasteiger partial charge in [-0.15, -0.1) is 0 Å². The Labute approximate surface area is 553 Å². The fraction of sp³-hybridized carbons (Fsp3) is 0.0112. The van der Waals surface area contributed by atoms with Crippen LogP contribution in [0.2, 0.25) is 0 Å². The number of benzene rings is 14. The maximum atomic E-state index is 6.15. The van der Waals surface area contributed by atoms with Crippen molar-refractivity contribution in [2.45, 2.75) is 5.92 Å². The van der Waals surface area contributed by atoms with E-state index in [4.69, 9.17) is 9.97 Å². The van der Waals surface area contributed by atoms with Gasteiger partial charge in [0.2, 0.25) is 0 Å². The molecule has 19 aromatic rings. The van der Waals surface area contributed by atoms with Crippen molar-refractivity contribution in [1.29, 1.82) is 0 Å². The van der Waals surface area contributed by atoms with Gasteiger partial charge >= 0.3 is 0 Å². The van der Waals surface area contributed by atoms with E-state index < -0.39 is 5.92 Å². The second-order valence-electron chi connectivity index (χ2n) is 25.1. The summed E-state index contributed by atoms with van der Waals surface area (Å²) in [5.41, 5.74) is 23.6. The summed E-state index contributed by atoms with van der Waals surface area (Å²) in [6.07, 6.45) is 0. The molecule has 0 fully saturated rings. The molecule has 0 saturated carbocycles. The van der Waals surface area contributed by atoms with E-state index >= 15 is 0 Å². The Morgan fingerprint density at radius 3 is 0.885 bits per heavy atom. The number of fused-ring (bicyclic) bond motifs is 14. The Hall–Kier alpha value is -12.8. The zero-order chi connectivity index (χ0) is 63.0. The van der Waals surface area contributed by atoms with E-state index in [0.717, 1.165) is 172 Å². The van der Waals surface area contributed by atoms with E-state index in [0.29, 0.717) is 5.82 Å². The van der Waals surface area contributed by atoms with Crippen molar-refractivity contribution in [2.75, 3.05) is 4.90 Å². The molecule has 5 aromatic heterocycles. The molecule has 96 heavy (non-hydrogen) atoms. The van der Waals surface area contributed by atoms with Gasteiger partial charge in [0.1, 0.15) is 0 Å². The molecule has 1 aliphatic rings. The molecule has 0 atom stereocenters. The van der Waals surface area contributed by atoms with Crippen molar-refractivity contribution < 1.29 is 0 Å². The largest absolute Gasteiger partial charge is 0.310 e. The van der Waals surface area contributed by atoms with E-state index in [-0.39, 0.29) is 0 Å². The Kier molecular flexibility index (Phi) is 12.0. The third kappa shape index (κ3) is 7.89. The third-order valence-electron chi connectivity index (χ3n) is 20.0. The summed E-state index contributed by atoms with van der Waals surface area (Å²) in [6, 6.07) is 125. The molecule has 0 spiro atoms. The lowest BCUT2D eigenvalue weighted by molar-refractivity contribution is 0.894. The number of hydrogen-bond donors (Lipinski definition) is 0. The summed E-state index contributed by atoms with van der Waals surface area (Å²) in [5, 5.41) is 9.17. The molecule has 0 bridgehead atoms. The summed E-state index contributed by atoms with van der Waals surface area (Å²) < 4.78 is 10.5. The molecule has 0 saturated heterocycles. The molecule has 6 heterocycles. The van der Waals surface area contributed by atoms with Gasteiger partial charge in [0.25, 0.3) is 0 Å². The van der Waals surface area contributed by atoms with Crippen LogP contribution in [0.4, 0.5) is 17.1 Å². The van der Waals surface area contributed by atoms with Crippen LogP contribution in [-0.2, 0) is 0 Å². The summed E-state index contributed by atoms with van der Waals surface area (Å²) in [6.45, 7) is 0. The van der Waals surface area contributed by atoms with Crippen LogP contribution in [0, 0.1) is 0 Å². The number of anilines is 3. The van der Waals surface area contributed by atoms with Gasteiger partial charge in [-0.25, -0.2) is 9.97 Å². The standard InChI is InChI=1S/C89H57N7/c1-4-30-57(31-5-1)70-56-71(91-89(90-70)58-32-6-2-7-33-58)83-85(93-72-46-20-10-36-60(72)61-37-11-21-47-73(61)93)87(95-76-50-24-14-40-64(76)65-41-15-25-51-77(65)95)84(82-68-44-18-28-54-80(68)92(59-34-8-3-9-35-59)81-55-29-19-45-69(81)82)88(96-78-52-26-16-42-66(78)67-43-17-27-53-79(67)96)86(83)94-74-48-22-12-38-62(74)63-39-13-23-49-75(63)94/h1-56,82H. The smallest absolute Gasteiger partial charge is 0.160 e. The molecule has 7 nitrogen and oxygen atoms in total. The minimum Gasteiger partial charge on any atom is -0.310 e. The maximum Gasteiger partial charge on any atom is 0.160 e. The van der Waals surface area contributed by atoms with Gasteiger partial charge in [-0.3, -0.25) is 0 Å². The third-order valence-corrected chi connectivity index (χ3v) is 20.0. The first-order chi connectivity index (χ1) is 47.7. The first-order valence-electron chi connectivity index (χ1n) is 32.9. The summed E-state index contributed by atoms with van der Waals surface area (Å²) in [5.74, 6) is 0.158. The van der Waals surface area contributed by atoms with E-state index in [1.54, 1.807) is 0 Å². The highest BCUT2D eigenvalue weighted by Crippen LogP contribution is 2.59. The number of aromatic nitrogens is 6. The highest BCUT2D eigenvalue weighted by Gasteiger charge is 2.42. The van der Waals surface area contributed by atoms with Gasteiger partial charge in [-0.2, -0.15) is 0 Å². The predicted octanol–water partition coefficient (Wildman–Crippen LogP) is 22.8. The van der Waals surface area contributed by atoms with Crippen molar-refractivity contribution in [3.63, 3.8) is 0 Å². The zero-order valence-corrected chi connectivity index (χ0v) is 52.0. The van der Waals surface area contributed by atoms with Crippen LogP contribution < -0.4 is 4.90 Å². The van der Waals surface area contributed by atoms with Gasteiger partial charge in [0, 0.05) is 71.4 Å². The average Bonchev–Trinajstić information content (AvgIpc) is 1.32. The van der Waals surface area contributed by atoms with Crippen LogP contribution in [0.25, 0.3) is 144 Å². The lowest BCUT2D eigenvalue weighted by atomic mass is 9.77. The van der Waals surface area contributed by atoms with Crippen LogP contribution in [0.3, 0.4) is 0 Å². The van der Waals surface area contributed by atoms with Crippen molar-refractivity contribution in [3.8, 4) is 56.7 Å². The lowest BCUT2D eigenvalue weighted by Gasteiger charge is -2.40. The Morgan fingerprint density at radius 2 is 0.521 bits per heavy atom. The van der Waals surface area contributed by atoms with E-state index in [1.807, 2.05) is 0 Å². The van der Waals surface area contributed by atoms with Crippen molar-refractivity contribution >= 4 is 104 Å². The zero-order valence-electron chi connectivity index (χ0n) is 52.0. The van der Waals surface area contributed by atoms with E-state index in [9.17, 15) is 0 Å². The summed E-state index contributed by atoms with van der Waals surface area (Å²) >= 11 is 0. The van der Waals surface area contributed by atoms with Crippen LogP contribution in [0.1, 0.15) is 22.6 Å². The molecule has 0 radical (unpaired) electrons. The molecule has 0 unspecified atom stereocenters. The monoisotopic (exact) mass is 1220 g/mol. The van der Waals surface area contributed by atoms with Crippen LogP contribution in [0.15, 0.2) is 340 Å². The molecule has 0 amide bonds. The minimum atomic E-state index is -0.458. The quantitative estimate of drug-likeness (QED) is 0.145. The van der Waals surface area contributed by atoms with Crippen molar-refractivity contribution in [2.24, 2.45) is 0 Å². The highest BCUT2D eigenvalue weighted by molar-refractivity contribution is 6.17. The van der Waals surface area contributed by atoms with E-state index in [2.05, 4.69) is 363 Å². The molecule has 448 valence electrons. The maximum absolute atomic E-state index is 6.15. The van der Waals surface area contributed by atoms with Crippen LogP contribution >= 0.6 is 0 Å². The summed E-state index contributed by atoms with van der Waals surface area (Å²) in [4.78, 5) is 14.3. The molecule has 0 aliphatic carbocycles. The Morgan fingerprint density at radius 1 is 0.240 bits per heavy atom. The van der Waals surface area contributed by atoms with Gasteiger partial charge in [0.05, 0.1) is 95.2 Å². The highest BCUT2D eigenvalue weighted by atomic mass is 15.2. The molecule has 14 aromatic carbocycles. The van der Waals surface area contributed by atoms with Crippen molar-refractivity contribution in [3.05, 3.63) is 356 Å². The normalized spacial score (nSPS) is 12.5. The summed E-state index contributed by atoms with van der Waals surface area (Å²) in [7, 11) is 0. The number of hydrogen-bond acceptors (Lipinski definition) is 3. The second-order valence-corrected chi connectivity index (χ2v) is 25.1. The lowest BCUT2D eigenvalue weighted by Crippen LogP contribution is -2.26. The molecular weight excluding hydrogens is 1170 g/mol. The fourth-order valence-corrected chi connectivity index (χ4v) is 16.2. The number of para-hydroxylation sites is 11. The van der Waals surface area contributed by atoms with Crippen LogP contribution in [-0.4, -0.2) is 28.2 Å². The fourth-order valence-electron chi connectivity index (χ4n) is 16.2. The van der Waals surface area contributed by atoms with E-state index in [1.165, 1.54) is 0 Å². The average molecular weight is 1220 g/mol. The molecule has 0 N–H and O–H groups in total. The molecule has 7 heteroatoms. The SMILES string of the molecule is c1ccc(-c2cc(-c3c(-n4c5ccccc5c5ccccc54)c(-n4c5ccccc5c5ccccc54)c(C4c5ccccc5N(c5ccccc5)c5ccccc54)c(-n4c5ccccc5c5ccccc54)c3-n3c4ccccc4c4ccccc43)nc(-c3ccccc3)n2)cc1. The molecule has 20 rings (SSSR count). The van der Waals surface area contributed by atoms with Gasteiger partial charge in [-0.05, 0) is 90.0 Å².